The second-order valence-corrected chi connectivity index (χ2v) is 4.58. The Hall–Kier alpha value is -0.420. The summed E-state index contributed by atoms with van der Waals surface area (Å²) in [6.45, 7) is 6.93. The zero-order valence-corrected chi connectivity index (χ0v) is 13.5. The van der Waals surface area contributed by atoms with Crippen molar-refractivity contribution in [3.05, 3.63) is 12.7 Å². The largest absolute Gasteiger partial charge is 0.395 e. The SMILES string of the molecule is C=CCCCCCCCCCC.NCCO.NCCO. The highest BCUT2D eigenvalue weighted by Crippen LogP contribution is 2.09. The van der Waals surface area contributed by atoms with Gasteiger partial charge in [-0.2, -0.15) is 0 Å². The third-order valence-electron chi connectivity index (χ3n) is 2.52. The first-order valence-electron chi connectivity index (χ1n) is 7.97. The highest BCUT2D eigenvalue weighted by molar-refractivity contribution is 4.65. The maximum atomic E-state index is 7.75. The van der Waals surface area contributed by atoms with Crippen molar-refractivity contribution >= 4 is 0 Å². The van der Waals surface area contributed by atoms with Gasteiger partial charge in [-0.1, -0.05) is 57.9 Å². The second kappa shape index (κ2) is 31.1. The van der Waals surface area contributed by atoms with Crippen molar-refractivity contribution in [3.63, 3.8) is 0 Å². The van der Waals surface area contributed by atoms with Crippen LogP contribution in [0, 0.1) is 0 Å². The number of rotatable bonds is 11. The molecule has 0 saturated heterocycles. The highest BCUT2D eigenvalue weighted by atomic mass is 16.3. The Morgan fingerprint density at radius 3 is 1.45 bits per heavy atom. The summed E-state index contributed by atoms with van der Waals surface area (Å²) < 4.78 is 0. The van der Waals surface area contributed by atoms with Crippen LogP contribution in [0.15, 0.2) is 12.7 Å². The first-order chi connectivity index (χ1) is 9.74. The van der Waals surface area contributed by atoms with Crippen LogP contribution in [0.4, 0.5) is 0 Å². The van der Waals surface area contributed by atoms with E-state index in [1.165, 1.54) is 57.8 Å². The minimum atomic E-state index is 0.0972. The van der Waals surface area contributed by atoms with Gasteiger partial charge in [-0.25, -0.2) is 0 Å². The molecule has 0 aliphatic carbocycles. The van der Waals surface area contributed by atoms with Crippen molar-refractivity contribution in [2.45, 2.75) is 64.7 Å². The summed E-state index contributed by atoms with van der Waals surface area (Å²) in [7, 11) is 0. The molecule has 0 spiro atoms. The Balaban J connectivity index is -0.000000297. The van der Waals surface area contributed by atoms with Gasteiger partial charge in [0.05, 0.1) is 13.2 Å². The van der Waals surface area contributed by atoms with Gasteiger partial charge in [-0.3, -0.25) is 0 Å². The Bertz CT molecular complexity index is 136. The van der Waals surface area contributed by atoms with Crippen molar-refractivity contribution in [3.8, 4) is 0 Å². The van der Waals surface area contributed by atoms with Crippen molar-refractivity contribution in [2.75, 3.05) is 26.3 Å². The minimum Gasteiger partial charge on any atom is -0.395 e. The van der Waals surface area contributed by atoms with E-state index in [0.717, 1.165) is 0 Å². The van der Waals surface area contributed by atoms with Gasteiger partial charge in [0.1, 0.15) is 0 Å². The maximum Gasteiger partial charge on any atom is 0.0553 e. The molecule has 124 valence electrons. The molecule has 0 amide bonds. The van der Waals surface area contributed by atoms with E-state index in [1.807, 2.05) is 6.08 Å². The number of hydrogen-bond acceptors (Lipinski definition) is 4. The molecule has 0 aromatic rings. The van der Waals surface area contributed by atoms with E-state index in [1.54, 1.807) is 0 Å². The summed E-state index contributed by atoms with van der Waals surface area (Å²) in [5.41, 5.74) is 9.56. The average Bonchev–Trinajstić information content (AvgIpc) is 2.50. The quantitative estimate of drug-likeness (QED) is 0.347. The molecule has 0 saturated carbocycles. The van der Waals surface area contributed by atoms with Crippen LogP contribution in [0.25, 0.3) is 0 Å². The number of aliphatic hydroxyl groups excluding tert-OH is 2. The van der Waals surface area contributed by atoms with Crippen LogP contribution >= 0.6 is 0 Å². The average molecular weight is 290 g/mol. The van der Waals surface area contributed by atoms with Gasteiger partial charge in [-0.15, -0.1) is 6.58 Å². The van der Waals surface area contributed by atoms with Crippen molar-refractivity contribution < 1.29 is 10.2 Å². The van der Waals surface area contributed by atoms with E-state index in [4.69, 9.17) is 21.7 Å². The lowest BCUT2D eigenvalue weighted by Gasteiger charge is -1.99. The van der Waals surface area contributed by atoms with E-state index in [-0.39, 0.29) is 13.2 Å². The molecule has 0 fully saturated rings. The predicted molar refractivity (Wildman–Crippen MR) is 89.7 cm³/mol. The molecule has 0 aromatic carbocycles. The Morgan fingerprint density at radius 1 is 0.800 bits per heavy atom. The van der Waals surface area contributed by atoms with Gasteiger partial charge in [0.25, 0.3) is 0 Å². The number of allylic oxidation sites excluding steroid dienone is 1. The molecule has 0 heterocycles. The Labute approximate surface area is 126 Å². The summed E-state index contributed by atoms with van der Waals surface area (Å²) in [6.07, 6.45) is 14.5. The molecule has 0 aliphatic heterocycles. The number of unbranched alkanes of at least 4 members (excludes halogenated alkanes) is 8. The summed E-state index contributed by atoms with van der Waals surface area (Å²) in [6, 6.07) is 0. The molecule has 0 aliphatic rings. The van der Waals surface area contributed by atoms with E-state index in [9.17, 15) is 0 Å². The van der Waals surface area contributed by atoms with E-state index >= 15 is 0 Å². The molecule has 6 N–H and O–H groups in total. The normalized spacial score (nSPS) is 9.05. The molecular weight excluding hydrogens is 252 g/mol. The fraction of sp³-hybridized carbons (Fsp3) is 0.875. The topological polar surface area (TPSA) is 92.5 Å². The lowest BCUT2D eigenvalue weighted by atomic mass is 10.1. The number of hydrogen-bond donors (Lipinski definition) is 4. The van der Waals surface area contributed by atoms with Gasteiger partial charge in [-0.05, 0) is 12.8 Å². The van der Waals surface area contributed by atoms with Crippen LogP contribution < -0.4 is 11.5 Å². The maximum absolute atomic E-state index is 7.75. The molecule has 0 aromatic heterocycles. The smallest absolute Gasteiger partial charge is 0.0553 e. The molecule has 0 rings (SSSR count). The van der Waals surface area contributed by atoms with Gasteiger partial charge in [0.15, 0.2) is 0 Å². The molecular formula is C16H38N2O2. The minimum absolute atomic E-state index is 0.0972. The molecule has 4 heteroatoms. The highest BCUT2D eigenvalue weighted by Gasteiger charge is 1.89. The fourth-order valence-electron chi connectivity index (χ4n) is 1.42. The number of nitrogens with two attached hydrogens (primary N) is 2. The van der Waals surface area contributed by atoms with Crippen molar-refractivity contribution in [1.29, 1.82) is 0 Å². The van der Waals surface area contributed by atoms with Crippen LogP contribution in [0.1, 0.15) is 64.7 Å². The van der Waals surface area contributed by atoms with Crippen LogP contribution in [-0.2, 0) is 0 Å². The Morgan fingerprint density at radius 2 is 1.15 bits per heavy atom. The molecule has 4 nitrogen and oxygen atoms in total. The lowest BCUT2D eigenvalue weighted by Crippen LogP contribution is -2.02. The summed E-state index contributed by atoms with van der Waals surface area (Å²) in [4.78, 5) is 0. The molecule has 0 atom stereocenters. The monoisotopic (exact) mass is 290 g/mol. The first kappa shape index (κ1) is 24.6. The summed E-state index contributed by atoms with van der Waals surface area (Å²) >= 11 is 0. The van der Waals surface area contributed by atoms with Crippen LogP contribution in [0.2, 0.25) is 0 Å². The van der Waals surface area contributed by atoms with Crippen LogP contribution in [-0.4, -0.2) is 36.5 Å². The van der Waals surface area contributed by atoms with Crippen molar-refractivity contribution in [2.24, 2.45) is 11.5 Å². The molecule has 0 radical (unpaired) electrons. The third-order valence-corrected chi connectivity index (χ3v) is 2.52. The summed E-state index contributed by atoms with van der Waals surface area (Å²) in [5.74, 6) is 0. The molecule has 0 unspecified atom stereocenters. The summed E-state index contributed by atoms with van der Waals surface area (Å²) in [5, 5.41) is 15.5. The number of aliphatic hydroxyl groups is 2. The Kier molecular flexibility index (Phi) is 38.3. The standard InChI is InChI=1S/C12H24.2C2H7NO/c1-3-5-7-9-11-12-10-8-6-4-2;2*3-1-2-4/h3H,1,4-12H2,2H3;2*4H,1-3H2. The lowest BCUT2D eigenvalue weighted by molar-refractivity contribution is 0.306. The van der Waals surface area contributed by atoms with E-state index in [2.05, 4.69) is 13.5 Å². The third kappa shape index (κ3) is 43.2. The van der Waals surface area contributed by atoms with Gasteiger partial charge in [0, 0.05) is 13.1 Å². The zero-order valence-electron chi connectivity index (χ0n) is 13.5. The van der Waals surface area contributed by atoms with Gasteiger partial charge < -0.3 is 21.7 Å². The zero-order chi connectivity index (χ0) is 15.9. The second-order valence-electron chi connectivity index (χ2n) is 4.58. The van der Waals surface area contributed by atoms with Crippen LogP contribution in [0.5, 0.6) is 0 Å². The van der Waals surface area contributed by atoms with Crippen LogP contribution in [0.3, 0.4) is 0 Å². The predicted octanol–water partition coefficient (Wildman–Crippen LogP) is 2.58. The van der Waals surface area contributed by atoms with E-state index < -0.39 is 0 Å². The van der Waals surface area contributed by atoms with E-state index in [0.29, 0.717) is 13.1 Å². The first-order valence-corrected chi connectivity index (χ1v) is 7.97. The van der Waals surface area contributed by atoms with Crippen molar-refractivity contribution in [1.82, 2.24) is 0 Å². The molecule has 20 heavy (non-hydrogen) atoms. The van der Waals surface area contributed by atoms with Gasteiger partial charge in [0.2, 0.25) is 0 Å². The van der Waals surface area contributed by atoms with Gasteiger partial charge >= 0.3 is 0 Å². The fourth-order valence-corrected chi connectivity index (χ4v) is 1.42. The molecule has 0 bridgehead atoms.